The molecule has 2 aromatic rings. The fourth-order valence-corrected chi connectivity index (χ4v) is 4.19. The number of sulfonamides is 1. The van der Waals surface area contributed by atoms with Crippen LogP contribution in [0.1, 0.15) is 48.9 Å². The van der Waals surface area contributed by atoms with Crippen molar-refractivity contribution in [1.29, 1.82) is 0 Å². The molecule has 0 radical (unpaired) electrons. The van der Waals surface area contributed by atoms with Crippen LogP contribution in [0.15, 0.2) is 34.9 Å². The average molecular weight is 407 g/mol. The molecule has 1 aromatic heterocycles. The summed E-state index contributed by atoms with van der Waals surface area (Å²) in [6.07, 6.45) is 4.65. The number of amides is 1. The van der Waals surface area contributed by atoms with Crippen LogP contribution in [0.5, 0.6) is 0 Å². The van der Waals surface area contributed by atoms with E-state index < -0.39 is 10.0 Å². The molecule has 1 aliphatic heterocycles. The summed E-state index contributed by atoms with van der Waals surface area (Å²) in [6, 6.07) is 10.1. The van der Waals surface area contributed by atoms with Crippen molar-refractivity contribution in [3.63, 3.8) is 0 Å². The number of piperidine rings is 1. The molecule has 1 aliphatic rings. The molecule has 1 aromatic carbocycles. The standard InChI is InChI=1S/C19H26N4O4S/c1-28(25,26)23-12-10-16(11-13-23)19-21-18(27-22-19)14-20-17(24)9-5-8-15-6-3-2-4-7-15/h2-4,6-7,16H,5,8-14H2,1H3,(H,20,24). The summed E-state index contributed by atoms with van der Waals surface area (Å²) in [7, 11) is -3.15. The molecule has 9 heteroatoms. The van der Waals surface area contributed by atoms with Crippen molar-refractivity contribution in [3.8, 4) is 0 Å². The third-order valence-electron chi connectivity index (χ3n) is 4.92. The first-order valence-corrected chi connectivity index (χ1v) is 11.3. The maximum atomic E-state index is 12.0. The summed E-state index contributed by atoms with van der Waals surface area (Å²) in [5.41, 5.74) is 1.22. The number of rotatable bonds is 8. The largest absolute Gasteiger partial charge is 0.347 e. The van der Waals surface area contributed by atoms with Crippen molar-refractivity contribution in [2.75, 3.05) is 19.3 Å². The third-order valence-corrected chi connectivity index (χ3v) is 6.22. The highest BCUT2D eigenvalue weighted by molar-refractivity contribution is 7.88. The van der Waals surface area contributed by atoms with E-state index >= 15 is 0 Å². The Morgan fingerprint density at radius 2 is 1.96 bits per heavy atom. The maximum Gasteiger partial charge on any atom is 0.246 e. The molecule has 0 spiro atoms. The molecule has 0 saturated carbocycles. The Hall–Kier alpha value is -2.26. The monoisotopic (exact) mass is 406 g/mol. The topological polar surface area (TPSA) is 105 Å². The number of nitrogens with zero attached hydrogens (tertiary/aromatic N) is 3. The van der Waals surface area contributed by atoms with Gasteiger partial charge in [0, 0.05) is 25.4 Å². The molecule has 0 bridgehead atoms. The molecular weight excluding hydrogens is 380 g/mol. The van der Waals surface area contributed by atoms with Crippen LogP contribution < -0.4 is 5.32 Å². The van der Waals surface area contributed by atoms with Crippen LogP contribution in [0.2, 0.25) is 0 Å². The molecule has 2 heterocycles. The van der Waals surface area contributed by atoms with E-state index in [1.54, 1.807) is 0 Å². The van der Waals surface area contributed by atoms with Gasteiger partial charge < -0.3 is 9.84 Å². The Morgan fingerprint density at radius 3 is 2.64 bits per heavy atom. The van der Waals surface area contributed by atoms with E-state index in [2.05, 4.69) is 27.6 Å². The number of aromatic nitrogens is 2. The van der Waals surface area contributed by atoms with Crippen molar-refractivity contribution in [3.05, 3.63) is 47.6 Å². The minimum atomic E-state index is -3.15. The SMILES string of the molecule is CS(=O)(=O)N1CCC(c2noc(CNC(=O)CCCc3ccccc3)n2)CC1. The number of carbonyl (C=O) groups is 1. The molecule has 1 amide bonds. The van der Waals surface area contributed by atoms with Gasteiger partial charge >= 0.3 is 0 Å². The fraction of sp³-hybridized carbons (Fsp3) is 0.526. The normalized spacial score (nSPS) is 16.2. The Labute approximate surface area is 165 Å². The summed E-state index contributed by atoms with van der Waals surface area (Å²) in [6.45, 7) is 1.14. The molecule has 0 atom stereocenters. The number of carbonyl (C=O) groups excluding carboxylic acids is 1. The maximum absolute atomic E-state index is 12.0. The lowest BCUT2D eigenvalue weighted by atomic mass is 9.98. The summed E-state index contributed by atoms with van der Waals surface area (Å²) in [5, 5.41) is 6.81. The average Bonchev–Trinajstić information content (AvgIpc) is 3.16. The van der Waals surface area contributed by atoms with Crippen molar-refractivity contribution < 1.29 is 17.7 Å². The van der Waals surface area contributed by atoms with Gasteiger partial charge in [-0.15, -0.1) is 0 Å². The number of benzene rings is 1. The van der Waals surface area contributed by atoms with Crippen molar-refractivity contribution in [2.24, 2.45) is 0 Å². The molecule has 28 heavy (non-hydrogen) atoms. The van der Waals surface area contributed by atoms with Crippen LogP contribution in [-0.4, -0.2) is 48.1 Å². The number of nitrogens with one attached hydrogen (secondary N) is 1. The van der Waals surface area contributed by atoms with Gasteiger partial charge in [0.2, 0.25) is 21.8 Å². The smallest absolute Gasteiger partial charge is 0.246 e. The van der Waals surface area contributed by atoms with Crippen LogP contribution in [0.25, 0.3) is 0 Å². The van der Waals surface area contributed by atoms with E-state index in [1.165, 1.54) is 16.1 Å². The highest BCUT2D eigenvalue weighted by Crippen LogP contribution is 2.26. The van der Waals surface area contributed by atoms with E-state index in [1.807, 2.05) is 18.2 Å². The van der Waals surface area contributed by atoms with Gasteiger partial charge in [-0.25, -0.2) is 12.7 Å². The first kappa shape index (κ1) is 20.5. The van der Waals surface area contributed by atoms with E-state index in [-0.39, 0.29) is 18.4 Å². The lowest BCUT2D eigenvalue weighted by molar-refractivity contribution is -0.121. The Bertz CT molecular complexity index is 874. The third kappa shape index (κ3) is 5.87. The molecule has 152 valence electrons. The molecule has 1 N–H and O–H groups in total. The first-order valence-electron chi connectivity index (χ1n) is 9.50. The van der Waals surface area contributed by atoms with Gasteiger partial charge in [-0.1, -0.05) is 35.5 Å². The van der Waals surface area contributed by atoms with Gasteiger partial charge in [-0.05, 0) is 31.2 Å². The van der Waals surface area contributed by atoms with Gasteiger partial charge in [0.05, 0.1) is 12.8 Å². The van der Waals surface area contributed by atoms with E-state index in [0.717, 1.165) is 12.8 Å². The second kappa shape index (κ2) is 9.29. The minimum absolute atomic E-state index is 0.0443. The van der Waals surface area contributed by atoms with Gasteiger partial charge in [-0.3, -0.25) is 4.79 Å². The lowest BCUT2D eigenvalue weighted by Crippen LogP contribution is -2.37. The van der Waals surface area contributed by atoms with Crippen molar-refractivity contribution >= 4 is 15.9 Å². The zero-order valence-electron chi connectivity index (χ0n) is 16.0. The van der Waals surface area contributed by atoms with E-state index in [0.29, 0.717) is 44.1 Å². The second-order valence-corrected chi connectivity index (χ2v) is 9.08. The molecule has 8 nitrogen and oxygen atoms in total. The minimum Gasteiger partial charge on any atom is -0.347 e. The molecular formula is C19H26N4O4S. The van der Waals surface area contributed by atoms with Crippen LogP contribution in [0.4, 0.5) is 0 Å². The van der Waals surface area contributed by atoms with E-state index in [4.69, 9.17) is 4.52 Å². The van der Waals surface area contributed by atoms with Gasteiger partial charge in [0.15, 0.2) is 5.82 Å². The van der Waals surface area contributed by atoms with Gasteiger partial charge in [0.25, 0.3) is 0 Å². The summed E-state index contributed by atoms with van der Waals surface area (Å²) >= 11 is 0. The molecule has 3 rings (SSSR count). The second-order valence-electron chi connectivity index (χ2n) is 7.10. The van der Waals surface area contributed by atoms with Gasteiger partial charge in [0.1, 0.15) is 0 Å². The predicted molar refractivity (Wildman–Crippen MR) is 104 cm³/mol. The molecule has 1 saturated heterocycles. The van der Waals surface area contributed by atoms with Crippen molar-refractivity contribution in [1.82, 2.24) is 19.8 Å². The highest BCUT2D eigenvalue weighted by atomic mass is 32.2. The lowest BCUT2D eigenvalue weighted by Gasteiger charge is -2.28. The number of aryl methyl sites for hydroxylation is 1. The quantitative estimate of drug-likeness (QED) is 0.717. The molecule has 0 aliphatic carbocycles. The summed E-state index contributed by atoms with van der Waals surface area (Å²) < 4.78 is 29.8. The van der Waals surface area contributed by atoms with Gasteiger partial charge in [-0.2, -0.15) is 4.98 Å². The highest BCUT2D eigenvalue weighted by Gasteiger charge is 2.28. The van der Waals surface area contributed by atoms with Crippen LogP contribution in [0, 0.1) is 0 Å². The molecule has 0 unspecified atom stereocenters. The fourth-order valence-electron chi connectivity index (χ4n) is 3.31. The summed E-state index contributed by atoms with van der Waals surface area (Å²) in [5.74, 6) is 0.993. The predicted octanol–water partition coefficient (Wildman–Crippen LogP) is 1.85. The Balaban J connectivity index is 1.39. The Morgan fingerprint density at radius 1 is 1.25 bits per heavy atom. The zero-order valence-corrected chi connectivity index (χ0v) is 16.8. The van der Waals surface area contributed by atoms with Crippen molar-refractivity contribution in [2.45, 2.75) is 44.6 Å². The summed E-state index contributed by atoms with van der Waals surface area (Å²) in [4.78, 5) is 16.3. The van der Waals surface area contributed by atoms with Crippen LogP contribution in [-0.2, 0) is 27.8 Å². The zero-order chi connectivity index (χ0) is 20.0. The van der Waals surface area contributed by atoms with E-state index in [9.17, 15) is 13.2 Å². The first-order chi connectivity index (χ1) is 13.4. The van der Waals surface area contributed by atoms with Crippen LogP contribution in [0.3, 0.4) is 0 Å². The molecule has 1 fully saturated rings. The number of hydrogen-bond acceptors (Lipinski definition) is 6. The Kier molecular flexibility index (Phi) is 6.79. The van der Waals surface area contributed by atoms with Crippen LogP contribution >= 0.6 is 0 Å². The number of hydrogen-bond donors (Lipinski definition) is 1.